The maximum absolute atomic E-state index is 9.43. The summed E-state index contributed by atoms with van der Waals surface area (Å²) >= 11 is 0. The summed E-state index contributed by atoms with van der Waals surface area (Å²) in [4.78, 5) is 8.77. The van der Waals surface area contributed by atoms with Crippen molar-refractivity contribution in [3.8, 4) is 17.2 Å². The van der Waals surface area contributed by atoms with Gasteiger partial charge in [0, 0.05) is 17.8 Å². The maximum atomic E-state index is 9.43. The monoisotopic (exact) mass is 301 g/mol. The van der Waals surface area contributed by atoms with Gasteiger partial charge in [0.25, 0.3) is 0 Å². The summed E-state index contributed by atoms with van der Waals surface area (Å²) in [6.07, 6.45) is 5.46. The zero-order valence-corrected chi connectivity index (χ0v) is 13.5. The Kier molecular flexibility index (Phi) is 4.34. The molecular weight excluding hydrogens is 282 g/mol. The third kappa shape index (κ3) is 3.37. The Bertz CT molecular complexity index is 861. The molecule has 114 valence electrons. The highest BCUT2D eigenvalue weighted by atomic mass is 14.7. The first-order valence-electron chi connectivity index (χ1n) is 7.91. The number of nitriles is 1. The van der Waals surface area contributed by atoms with Crippen molar-refractivity contribution in [3.05, 3.63) is 60.0 Å². The number of aromatic nitrogens is 2. The molecule has 0 saturated heterocycles. The summed E-state index contributed by atoms with van der Waals surface area (Å²) in [5.41, 5.74) is 4.76. The van der Waals surface area contributed by atoms with Gasteiger partial charge in [0.05, 0.1) is 16.8 Å². The van der Waals surface area contributed by atoms with Gasteiger partial charge in [-0.05, 0) is 60.2 Å². The molecule has 2 heterocycles. The standard InChI is InChI=1S/C20H19N3/c1-14(2)3-5-20-18(13-21)12-17-11-16(4-6-19(17)23-20)15-7-9-22-10-8-15/h4,6-12,14H,3,5H2,1-2H3. The Morgan fingerprint density at radius 1 is 1.04 bits per heavy atom. The Morgan fingerprint density at radius 2 is 1.83 bits per heavy atom. The van der Waals surface area contributed by atoms with Crippen molar-refractivity contribution in [2.24, 2.45) is 5.92 Å². The van der Waals surface area contributed by atoms with Gasteiger partial charge in [0.15, 0.2) is 0 Å². The van der Waals surface area contributed by atoms with Crippen molar-refractivity contribution >= 4 is 10.9 Å². The van der Waals surface area contributed by atoms with E-state index in [9.17, 15) is 5.26 Å². The number of hydrogen-bond acceptors (Lipinski definition) is 3. The number of benzene rings is 1. The van der Waals surface area contributed by atoms with E-state index >= 15 is 0 Å². The Hall–Kier alpha value is -2.73. The normalized spacial score (nSPS) is 10.9. The summed E-state index contributed by atoms with van der Waals surface area (Å²) in [6, 6.07) is 14.4. The van der Waals surface area contributed by atoms with Gasteiger partial charge in [0.1, 0.15) is 6.07 Å². The highest BCUT2D eigenvalue weighted by molar-refractivity contribution is 5.85. The van der Waals surface area contributed by atoms with Gasteiger partial charge in [-0.2, -0.15) is 5.26 Å². The highest BCUT2D eigenvalue weighted by Gasteiger charge is 2.09. The smallest absolute Gasteiger partial charge is 0.101 e. The zero-order chi connectivity index (χ0) is 16.2. The molecule has 0 bridgehead atoms. The lowest BCUT2D eigenvalue weighted by molar-refractivity contribution is 0.581. The van der Waals surface area contributed by atoms with Crippen LogP contribution in [0.5, 0.6) is 0 Å². The second kappa shape index (κ2) is 6.58. The van der Waals surface area contributed by atoms with Gasteiger partial charge in [-0.1, -0.05) is 19.9 Å². The molecule has 3 aromatic rings. The molecule has 0 atom stereocenters. The average molecular weight is 301 g/mol. The van der Waals surface area contributed by atoms with E-state index in [4.69, 9.17) is 4.98 Å². The molecule has 3 rings (SSSR count). The van der Waals surface area contributed by atoms with Crippen molar-refractivity contribution in [2.45, 2.75) is 26.7 Å². The topological polar surface area (TPSA) is 49.6 Å². The van der Waals surface area contributed by atoms with E-state index in [0.29, 0.717) is 11.5 Å². The minimum Gasteiger partial charge on any atom is -0.265 e. The second-order valence-corrected chi connectivity index (χ2v) is 6.17. The Morgan fingerprint density at radius 3 is 2.52 bits per heavy atom. The van der Waals surface area contributed by atoms with E-state index in [1.165, 1.54) is 0 Å². The first-order chi connectivity index (χ1) is 11.2. The van der Waals surface area contributed by atoms with Crippen molar-refractivity contribution < 1.29 is 0 Å². The van der Waals surface area contributed by atoms with Crippen LogP contribution in [0, 0.1) is 17.2 Å². The van der Waals surface area contributed by atoms with E-state index in [-0.39, 0.29) is 0 Å². The van der Waals surface area contributed by atoms with Gasteiger partial charge in [0.2, 0.25) is 0 Å². The van der Waals surface area contributed by atoms with Gasteiger partial charge < -0.3 is 0 Å². The fourth-order valence-electron chi connectivity index (χ4n) is 2.65. The summed E-state index contributed by atoms with van der Waals surface area (Å²) in [7, 11) is 0. The van der Waals surface area contributed by atoms with E-state index in [2.05, 4.69) is 37.0 Å². The lowest BCUT2D eigenvalue weighted by Crippen LogP contribution is -1.99. The highest BCUT2D eigenvalue weighted by Crippen LogP contribution is 2.25. The van der Waals surface area contributed by atoms with Crippen LogP contribution < -0.4 is 0 Å². The third-order valence-electron chi connectivity index (χ3n) is 3.99. The third-order valence-corrected chi connectivity index (χ3v) is 3.99. The van der Waals surface area contributed by atoms with Crippen LogP contribution in [0.1, 0.15) is 31.5 Å². The number of hydrogen-bond donors (Lipinski definition) is 0. The predicted molar refractivity (Wildman–Crippen MR) is 92.8 cm³/mol. The van der Waals surface area contributed by atoms with E-state index in [1.807, 2.05) is 24.3 Å². The van der Waals surface area contributed by atoms with Gasteiger partial charge in [-0.15, -0.1) is 0 Å². The number of aryl methyl sites for hydroxylation is 1. The van der Waals surface area contributed by atoms with Gasteiger partial charge in [-0.25, -0.2) is 0 Å². The maximum Gasteiger partial charge on any atom is 0.101 e. The van der Waals surface area contributed by atoms with Crippen molar-refractivity contribution in [3.63, 3.8) is 0 Å². The van der Waals surface area contributed by atoms with Crippen LogP contribution >= 0.6 is 0 Å². The van der Waals surface area contributed by atoms with Crippen LogP contribution in [0.4, 0.5) is 0 Å². The molecule has 0 amide bonds. The zero-order valence-electron chi connectivity index (χ0n) is 13.5. The SMILES string of the molecule is CC(C)CCc1nc2ccc(-c3ccncc3)cc2cc1C#N. The minimum atomic E-state index is 0.605. The quantitative estimate of drug-likeness (QED) is 0.698. The number of fused-ring (bicyclic) bond motifs is 1. The fourth-order valence-corrected chi connectivity index (χ4v) is 2.65. The van der Waals surface area contributed by atoms with Crippen LogP contribution in [0.2, 0.25) is 0 Å². The molecule has 2 aromatic heterocycles. The number of rotatable bonds is 4. The molecule has 0 radical (unpaired) electrons. The van der Waals surface area contributed by atoms with Gasteiger partial charge >= 0.3 is 0 Å². The van der Waals surface area contributed by atoms with Crippen molar-refractivity contribution in [1.82, 2.24) is 9.97 Å². The number of nitrogens with zero attached hydrogens (tertiary/aromatic N) is 3. The van der Waals surface area contributed by atoms with Crippen LogP contribution in [0.3, 0.4) is 0 Å². The Labute approximate surface area is 136 Å². The van der Waals surface area contributed by atoms with Gasteiger partial charge in [-0.3, -0.25) is 9.97 Å². The van der Waals surface area contributed by atoms with E-state index in [1.54, 1.807) is 12.4 Å². The molecule has 3 nitrogen and oxygen atoms in total. The Balaban J connectivity index is 2.04. The molecule has 3 heteroatoms. The minimum absolute atomic E-state index is 0.605. The van der Waals surface area contributed by atoms with Crippen LogP contribution in [0.25, 0.3) is 22.0 Å². The predicted octanol–water partition coefficient (Wildman–Crippen LogP) is 4.76. The van der Waals surface area contributed by atoms with Crippen LogP contribution in [-0.4, -0.2) is 9.97 Å². The molecule has 0 spiro atoms. The first kappa shape index (κ1) is 15.2. The summed E-state index contributed by atoms with van der Waals surface area (Å²) in [6.45, 7) is 4.38. The van der Waals surface area contributed by atoms with E-state index < -0.39 is 0 Å². The molecule has 1 aromatic carbocycles. The molecule has 0 aliphatic heterocycles. The van der Waals surface area contributed by atoms with Crippen LogP contribution in [-0.2, 0) is 6.42 Å². The molecule has 0 aliphatic rings. The molecule has 0 aliphatic carbocycles. The number of pyridine rings is 2. The lowest BCUT2D eigenvalue weighted by Gasteiger charge is -2.09. The van der Waals surface area contributed by atoms with Crippen molar-refractivity contribution in [1.29, 1.82) is 5.26 Å². The largest absolute Gasteiger partial charge is 0.265 e. The second-order valence-electron chi connectivity index (χ2n) is 6.17. The van der Waals surface area contributed by atoms with Crippen LogP contribution in [0.15, 0.2) is 48.8 Å². The molecule has 0 N–H and O–H groups in total. The summed E-state index contributed by atoms with van der Waals surface area (Å²) < 4.78 is 0. The molecule has 0 unspecified atom stereocenters. The molecular formula is C20H19N3. The first-order valence-corrected chi connectivity index (χ1v) is 7.91. The average Bonchev–Trinajstić information content (AvgIpc) is 2.59. The van der Waals surface area contributed by atoms with Crippen molar-refractivity contribution in [2.75, 3.05) is 0 Å². The molecule has 0 saturated carbocycles. The molecule has 0 fully saturated rings. The molecule has 23 heavy (non-hydrogen) atoms. The summed E-state index contributed by atoms with van der Waals surface area (Å²) in [5, 5.41) is 10.4. The summed E-state index contributed by atoms with van der Waals surface area (Å²) in [5.74, 6) is 0.605. The fraction of sp³-hybridized carbons (Fsp3) is 0.250. The lowest BCUT2D eigenvalue weighted by atomic mass is 10.00. The van der Waals surface area contributed by atoms with E-state index in [0.717, 1.165) is 40.6 Å².